The zero-order valence-electron chi connectivity index (χ0n) is 65.4. The van der Waals surface area contributed by atoms with Gasteiger partial charge in [0.2, 0.25) is 0 Å². The maximum atomic E-state index is 16.0. The number of benzene rings is 9. The zero-order chi connectivity index (χ0) is 94.0. The van der Waals surface area contributed by atoms with E-state index >= 15 is 79.0 Å². The van der Waals surface area contributed by atoms with E-state index in [4.69, 9.17) is 38.2 Å². The van der Waals surface area contributed by atoms with Crippen molar-refractivity contribution >= 4 is 143 Å². The van der Waals surface area contributed by atoms with E-state index in [1.165, 1.54) is 0 Å². The van der Waals surface area contributed by atoms with Crippen molar-refractivity contribution in [3.8, 4) is 28.7 Å². The van der Waals surface area contributed by atoms with Gasteiger partial charge in [-0.25, -0.2) is 0 Å². The molecular formula is C85H50B6F18N6O15. The van der Waals surface area contributed by atoms with Gasteiger partial charge in [-0.05, 0) is 6.42 Å². The molecule has 8 unspecified atom stereocenters. The molecule has 2 saturated carbocycles. The molecule has 2 heterocycles. The van der Waals surface area contributed by atoms with Crippen LogP contribution in [0.4, 0.5) is 113 Å². The topological polar surface area (TPSA) is 279 Å². The molecule has 21 nitrogen and oxygen atoms in total. The molecule has 4 N–H and O–H groups in total. The van der Waals surface area contributed by atoms with Crippen molar-refractivity contribution in [3.63, 3.8) is 0 Å². The summed E-state index contributed by atoms with van der Waals surface area (Å²) < 4.78 is 343. The minimum absolute atomic E-state index is 0.0474. The Labute approximate surface area is 725 Å². The van der Waals surface area contributed by atoms with Crippen molar-refractivity contribution in [3.05, 3.63) is 262 Å². The number of nitrogens with zero attached hydrogens (tertiary/aromatic N) is 2. The normalized spacial score (nSPS) is 19.4. The van der Waals surface area contributed by atoms with Crippen molar-refractivity contribution in [2.24, 2.45) is 47.3 Å². The monoisotopic (exact) mass is 1800 g/mol. The van der Waals surface area contributed by atoms with E-state index in [2.05, 4.69) is 15.3 Å². The van der Waals surface area contributed by atoms with Gasteiger partial charge in [0.15, 0.2) is 0 Å². The van der Waals surface area contributed by atoms with Crippen LogP contribution in [0.15, 0.2) is 206 Å². The van der Waals surface area contributed by atoms with Crippen LogP contribution in [0.25, 0.3) is 0 Å². The van der Waals surface area contributed by atoms with Crippen LogP contribution in [0.5, 0.6) is 28.7 Å². The molecule has 6 aliphatic rings. The second-order valence-corrected chi connectivity index (χ2v) is 31.0. The average molecular weight is 1800 g/mol. The molecular weight excluding hydrogens is 1750 g/mol. The Morgan fingerprint density at radius 3 is 0.900 bits per heavy atom. The minimum atomic E-state index is -6.47. The van der Waals surface area contributed by atoms with E-state index in [9.17, 15) is 52.5 Å². The number of alkyl halides is 18. The number of rotatable bonds is 24. The number of anilines is 6. The Balaban J connectivity index is 0.643. The summed E-state index contributed by atoms with van der Waals surface area (Å²) in [7, 11) is 16.0. The SMILES string of the molecule is [B]Oc1ccc(C(c2ccc(B=O)c(NC(=O)c3ccc(Oc4ccc(C(=O)Nc5cc(C(c6ccc(B=O)c(N7C(=O)C8C9C=CC(C9)C8C7=O)c6)(C(F)(F)F)C(F)(F)F)ccc5O[B])cc4)cc3)c2)(C(F)(F)F)C(F)(F)F)cc1NC(=O)c1cccc(C(=O)Nc2cc(C(c3ccc(O[B])c(N4C(=O)C5C6C=CC(C6)C5C4=O)c3)(C(F)(F)F)C(F)(F)F)ccc2B=O)c1. The first-order chi connectivity index (χ1) is 61.3. The van der Waals surface area contributed by atoms with E-state index in [1.807, 2.05) is 10.6 Å². The first-order valence-corrected chi connectivity index (χ1v) is 38.4. The van der Waals surface area contributed by atoms with Gasteiger partial charge in [0.25, 0.3) is 0 Å². The molecule has 15 rings (SSSR count). The molecule has 8 amide bonds. The van der Waals surface area contributed by atoms with Gasteiger partial charge in [-0.3, -0.25) is 0 Å². The quantitative estimate of drug-likeness (QED) is 0.0189. The van der Waals surface area contributed by atoms with Gasteiger partial charge in [-0.1, -0.05) is 12.2 Å². The molecule has 8 atom stereocenters. The first-order valence-electron chi connectivity index (χ1n) is 38.4. The predicted octanol–water partition coefficient (Wildman–Crippen LogP) is 13.8. The third-order valence-corrected chi connectivity index (χ3v) is 24.2. The number of hydrogen-bond acceptors (Lipinski definition) is 15. The Bertz CT molecular complexity index is 6210. The number of ether oxygens (including phenoxy) is 1. The first kappa shape index (κ1) is 91.1. The number of fused-ring (bicyclic) bond motifs is 10. The summed E-state index contributed by atoms with van der Waals surface area (Å²) in [5.74, 6) is -17.5. The predicted molar refractivity (Wildman–Crippen MR) is 426 cm³/mol. The van der Waals surface area contributed by atoms with Crippen LogP contribution in [-0.4, -0.2) is 130 Å². The number of hydrogen-bond donors (Lipinski definition) is 4. The third kappa shape index (κ3) is 14.9. The summed E-state index contributed by atoms with van der Waals surface area (Å²) in [6.45, 7) is 0. The van der Waals surface area contributed by atoms with E-state index in [0.29, 0.717) is 83.3 Å². The van der Waals surface area contributed by atoms with Crippen LogP contribution in [0.2, 0.25) is 0 Å². The molecule has 6 radical (unpaired) electrons. The second kappa shape index (κ2) is 33.1. The van der Waals surface area contributed by atoms with Crippen molar-refractivity contribution in [1.29, 1.82) is 0 Å². The van der Waals surface area contributed by atoms with Gasteiger partial charge in [0, 0.05) is 0 Å². The number of carbonyl (C=O) groups is 8. The summed E-state index contributed by atoms with van der Waals surface area (Å²) in [5, 5.41) is 8.25. The van der Waals surface area contributed by atoms with Crippen LogP contribution < -0.4 is 66.2 Å². The van der Waals surface area contributed by atoms with E-state index in [0.717, 1.165) is 66.7 Å². The summed E-state index contributed by atoms with van der Waals surface area (Å²) in [4.78, 5) is 112. The molecule has 2 saturated heterocycles. The van der Waals surface area contributed by atoms with Gasteiger partial charge in [-0.2, -0.15) is 0 Å². The van der Waals surface area contributed by atoms with E-state index in [1.54, 1.807) is 24.3 Å². The molecule has 45 heteroatoms. The van der Waals surface area contributed by atoms with Gasteiger partial charge < -0.3 is 0 Å². The average Bonchev–Trinajstić information content (AvgIpc) is 1.12. The molecule has 4 bridgehead atoms. The second-order valence-electron chi connectivity index (χ2n) is 31.0. The summed E-state index contributed by atoms with van der Waals surface area (Å²) >= 11 is 0. The maximum absolute atomic E-state index is 16.0. The van der Waals surface area contributed by atoms with Crippen molar-refractivity contribution in [1.82, 2.24) is 0 Å². The standard InChI is InChI=1S/C85H50B6F18N6O15/c86-128-62-26-16-48(79(84(104,105)106,85(107,108)109)49-14-24-55(91-126)60(35-49)114-73(120)65-39-4-5-40(28-39)66(65)74(114)121)34-58(62)112-70(117)38-10-20-52(21-11-38)127-51-18-8-37(9-19-51)69(116)110-56-31-45(12-22-53(56)89-124)77(80(92,93)94,81(95,96)97)47-15-25-63(129-87)59(33-47)113-72(119)44-3-1-2-43(30-44)71(118)111-57-32-46(13-23-54(57)90-125)78(82(98,99)100,83(101,102)103)50-17-27-64(130-88)61(36-50)115-75(122)67-41-6-7-42(29-41)68(67)76(115)123/h1-27,30-36,39-42,65-68H,28-29H2,(H,110,116)(H,111,118)(H,112,117)(H,113,119). The number of carbonyl (C=O) groups excluding carboxylic acids is 8. The van der Waals surface area contributed by atoms with Crippen molar-refractivity contribution < 1.29 is 150 Å². The van der Waals surface area contributed by atoms with Crippen LogP contribution in [0, 0.1) is 47.3 Å². The fourth-order valence-corrected chi connectivity index (χ4v) is 18.3. The van der Waals surface area contributed by atoms with Crippen LogP contribution in [-0.2, 0) is 49.5 Å². The molecule has 4 aliphatic carbocycles. The van der Waals surface area contributed by atoms with Crippen molar-refractivity contribution in [2.45, 2.75) is 66.1 Å². The van der Waals surface area contributed by atoms with Crippen LogP contribution in [0.3, 0.4) is 0 Å². The molecule has 654 valence electrons. The van der Waals surface area contributed by atoms with Crippen LogP contribution in [0.1, 0.15) is 87.7 Å². The summed E-state index contributed by atoms with van der Waals surface area (Å²) in [6.07, 6.45) is -30.9. The summed E-state index contributed by atoms with van der Waals surface area (Å²) in [5.41, 5.74) is -35.3. The van der Waals surface area contributed by atoms with Gasteiger partial charge in [-0.15, -0.1) is 0 Å². The molecule has 0 spiro atoms. The van der Waals surface area contributed by atoms with Gasteiger partial charge in [0.1, 0.15) is 0 Å². The Kier molecular flexibility index (Phi) is 23.2. The Morgan fingerprint density at radius 2 is 0.585 bits per heavy atom. The van der Waals surface area contributed by atoms with Gasteiger partial charge >= 0.3 is 710 Å². The molecule has 130 heavy (non-hydrogen) atoms. The fraction of sp³-hybridized carbons (Fsp3) is 0.224. The Morgan fingerprint density at radius 1 is 0.315 bits per heavy atom. The van der Waals surface area contributed by atoms with Gasteiger partial charge in [0.05, 0.1) is 0 Å². The number of halogens is 18. The number of allylic oxidation sites excluding steroid dienone is 4. The number of nitrogens with one attached hydrogen (secondary N) is 4. The van der Waals surface area contributed by atoms with Crippen molar-refractivity contribution in [2.75, 3.05) is 31.1 Å². The zero-order valence-corrected chi connectivity index (χ0v) is 65.4. The van der Waals surface area contributed by atoms with E-state index in [-0.39, 0.29) is 93.1 Å². The molecule has 9 aromatic rings. The third-order valence-electron chi connectivity index (χ3n) is 24.2. The number of imide groups is 2. The molecule has 2 aliphatic heterocycles. The molecule has 9 aromatic carbocycles. The summed E-state index contributed by atoms with van der Waals surface area (Å²) in [6, 6.07) is 18.1. The molecule has 4 fully saturated rings. The van der Waals surface area contributed by atoms with Crippen LogP contribution >= 0.6 is 0 Å². The van der Waals surface area contributed by atoms with E-state index < -0.39 is 266 Å². The Hall–Kier alpha value is -13.7. The molecule has 0 aromatic heterocycles. The fourth-order valence-electron chi connectivity index (χ4n) is 18.3. The number of amides is 8.